The van der Waals surface area contributed by atoms with Crippen molar-refractivity contribution in [2.45, 2.75) is 26.9 Å². The van der Waals surface area contributed by atoms with Crippen LogP contribution in [0.1, 0.15) is 23.1 Å². The fourth-order valence-electron chi connectivity index (χ4n) is 1.68. The normalized spacial score (nSPS) is 9.79. The molecule has 0 aromatic heterocycles. The summed E-state index contributed by atoms with van der Waals surface area (Å²) in [5.74, 6) is -0.932. The number of hydrogen-bond donors (Lipinski definition) is 0. The number of benzene rings is 1. The minimum absolute atomic E-state index is 0.0104. The molecule has 0 amide bonds. The van der Waals surface area contributed by atoms with Crippen molar-refractivity contribution in [2.24, 2.45) is 0 Å². The molecule has 1 aromatic rings. The van der Waals surface area contributed by atoms with E-state index in [1.807, 2.05) is 26.0 Å². The second-order valence-electron chi connectivity index (χ2n) is 4.28. The molecule has 0 fully saturated rings. The molecular formula is C15H18O4. The molecule has 0 aliphatic heterocycles. The van der Waals surface area contributed by atoms with Gasteiger partial charge in [0.15, 0.2) is 0 Å². The van der Waals surface area contributed by atoms with Crippen molar-refractivity contribution in [2.75, 3.05) is 6.61 Å². The van der Waals surface area contributed by atoms with Gasteiger partial charge in [0.05, 0.1) is 6.42 Å². The van der Waals surface area contributed by atoms with Gasteiger partial charge in [-0.3, -0.25) is 4.79 Å². The maximum Gasteiger partial charge on any atom is 0.330 e. The number of ether oxygens (including phenoxy) is 2. The van der Waals surface area contributed by atoms with Gasteiger partial charge in [-0.2, -0.15) is 0 Å². The average Bonchev–Trinajstić information content (AvgIpc) is 2.35. The van der Waals surface area contributed by atoms with Crippen LogP contribution in [0.3, 0.4) is 0 Å². The number of carbonyl (C=O) groups excluding carboxylic acids is 2. The summed E-state index contributed by atoms with van der Waals surface area (Å²) in [5, 5.41) is 0. The molecule has 0 saturated heterocycles. The molecule has 1 aromatic carbocycles. The number of hydrogen-bond acceptors (Lipinski definition) is 4. The molecule has 0 bridgehead atoms. The predicted molar refractivity (Wildman–Crippen MR) is 71.5 cm³/mol. The fourth-order valence-corrected chi connectivity index (χ4v) is 1.68. The Bertz CT molecular complexity index is 457. The van der Waals surface area contributed by atoms with E-state index in [1.54, 1.807) is 0 Å². The lowest BCUT2D eigenvalue weighted by atomic mass is 10.1. The van der Waals surface area contributed by atoms with E-state index in [4.69, 9.17) is 9.47 Å². The highest BCUT2D eigenvalue weighted by Gasteiger charge is 2.05. The molecule has 0 aliphatic carbocycles. The third-order valence-electron chi connectivity index (χ3n) is 2.40. The summed E-state index contributed by atoms with van der Waals surface area (Å²) in [7, 11) is 0. The molecule has 0 unspecified atom stereocenters. The predicted octanol–water partition coefficient (Wildman–Crippen LogP) is 2.47. The van der Waals surface area contributed by atoms with Gasteiger partial charge in [0.2, 0.25) is 0 Å². The van der Waals surface area contributed by atoms with E-state index in [9.17, 15) is 9.59 Å². The van der Waals surface area contributed by atoms with Gasteiger partial charge in [0.25, 0.3) is 0 Å². The van der Waals surface area contributed by atoms with Crippen LogP contribution in [0, 0.1) is 13.8 Å². The molecule has 0 heterocycles. The summed E-state index contributed by atoms with van der Waals surface area (Å²) in [5.41, 5.74) is 3.21. The Morgan fingerprint density at radius 1 is 1.16 bits per heavy atom. The summed E-state index contributed by atoms with van der Waals surface area (Å²) >= 11 is 0. The zero-order valence-corrected chi connectivity index (χ0v) is 11.3. The Balaban J connectivity index is 2.33. The highest BCUT2D eigenvalue weighted by molar-refractivity contribution is 5.81. The Hall–Kier alpha value is -2.10. The lowest BCUT2D eigenvalue weighted by Gasteiger charge is -2.07. The van der Waals surface area contributed by atoms with Crippen LogP contribution in [-0.4, -0.2) is 18.5 Å². The highest BCUT2D eigenvalue weighted by atomic mass is 16.5. The Labute approximate surface area is 113 Å². The number of aryl methyl sites for hydroxylation is 2. The van der Waals surface area contributed by atoms with E-state index in [0.29, 0.717) is 0 Å². The molecule has 4 nitrogen and oxygen atoms in total. The average molecular weight is 262 g/mol. The molecule has 0 radical (unpaired) electrons. The van der Waals surface area contributed by atoms with Crippen molar-refractivity contribution in [1.29, 1.82) is 0 Å². The topological polar surface area (TPSA) is 52.6 Å². The summed E-state index contributed by atoms with van der Waals surface area (Å²) in [6, 6.07) is 6.00. The monoisotopic (exact) mass is 262 g/mol. The molecule has 19 heavy (non-hydrogen) atoms. The first-order valence-corrected chi connectivity index (χ1v) is 6.03. The fraction of sp³-hybridized carbons (Fsp3) is 0.333. The first kappa shape index (κ1) is 15.0. The summed E-state index contributed by atoms with van der Waals surface area (Å²) in [6.07, 6.45) is 1.10. The van der Waals surface area contributed by atoms with Crippen molar-refractivity contribution in [3.05, 3.63) is 47.5 Å². The van der Waals surface area contributed by atoms with Crippen LogP contribution < -0.4 is 0 Å². The van der Waals surface area contributed by atoms with Gasteiger partial charge in [-0.15, -0.1) is 0 Å². The van der Waals surface area contributed by atoms with Crippen LogP contribution in [0.25, 0.3) is 0 Å². The summed E-state index contributed by atoms with van der Waals surface area (Å²) < 4.78 is 9.79. The maximum absolute atomic E-state index is 11.4. The second-order valence-corrected chi connectivity index (χ2v) is 4.28. The lowest BCUT2D eigenvalue weighted by Crippen LogP contribution is -2.10. The second kappa shape index (κ2) is 7.36. The van der Waals surface area contributed by atoms with Crippen LogP contribution in [0.2, 0.25) is 0 Å². The zero-order valence-electron chi connectivity index (χ0n) is 11.3. The summed E-state index contributed by atoms with van der Waals surface area (Å²) in [4.78, 5) is 22.2. The largest absolute Gasteiger partial charge is 0.462 e. The van der Waals surface area contributed by atoms with E-state index in [0.717, 1.165) is 22.8 Å². The Morgan fingerprint density at radius 2 is 1.79 bits per heavy atom. The van der Waals surface area contributed by atoms with Gasteiger partial charge in [-0.25, -0.2) is 4.79 Å². The van der Waals surface area contributed by atoms with Crippen LogP contribution in [0.5, 0.6) is 0 Å². The van der Waals surface area contributed by atoms with Crippen molar-refractivity contribution in [3.63, 3.8) is 0 Å². The molecule has 1 rings (SSSR count). The number of esters is 2. The van der Waals surface area contributed by atoms with E-state index in [1.165, 1.54) is 0 Å². The van der Waals surface area contributed by atoms with Crippen molar-refractivity contribution < 1.29 is 19.1 Å². The van der Waals surface area contributed by atoms with Gasteiger partial charge in [0, 0.05) is 6.08 Å². The van der Waals surface area contributed by atoms with Crippen LogP contribution >= 0.6 is 0 Å². The first-order chi connectivity index (χ1) is 9.01. The van der Waals surface area contributed by atoms with E-state index in [2.05, 4.69) is 12.6 Å². The van der Waals surface area contributed by atoms with E-state index in [-0.39, 0.29) is 19.6 Å². The van der Waals surface area contributed by atoms with Gasteiger partial charge in [-0.1, -0.05) is 35.9 Å². The van der Waals surface area contributed by atoms with Gasteiger partial charge < -0.3 is 9.47 Å². The smallest absolute Gasteiger partial charge is 0.330 e. The lowest BCUT2D eigenvalue weighted by molar-refractivity contribution is -0.148. The summed E-state index contributed by atoms with van der Waals surface area (Å²) in [6.45, 7) is 7.49. The molecule has 102 valence electrons. The molecule has 0 aliphatic rings. The molecule has 0 atom stereocenters. The minimum atomic E-state index is -0.540. The van der Waals surface area contributed by atoms with E-state index >= 15 is 0 Å². The van der Waals surface area contributed by atoms with E-state index < -0.39 is 11.9 Å². The van der Waals surface area contributed by atoms with Crippen LogP contribution in [0.15, 0.2) is 30.9 Å². The van der Waals surface area contributed by atoms with Crippen LogP contribution in [-0.2, 0) is 25.7 Å². The maximum atomic E-state index is 11.4. The SMILES string of the molecule is C=CC(=O)OCCC(=O)OCc1cc(C)cc(C)c1. The third-order valence-corrected chi connectivity index (χ3v) is 2.40. The quantitative estimate of drug-likeness (QED) is 0.583. The Morgan fingerprint density at radius 3 is 2.37 bits per heavy atom. The molecule has 0 saturated carbocycles. The Kier molecular flexibility index (Phi) is 5.79. The molecule has 0 N–H and O–H groups in total. The van der Waals surface area contributed by atoms with Gasteiger partial charge >= 0.3 is 11.9 Å². The van der Waals surface area contributed by atoms with Crippen molar-refractivity contribution >= 4 is 11.9 Å². The minimum Gasteiger partial charge on any atom is -0.462 e. The molecule has 4 heteroatoms. The third kappa shape index (κ3) is 5.86. The van der Waals surface area contributed by atoms with Gasteiger partial charge in [-0.05, 0) is 19.4 Å². The molecular weight excluding hydrogens is 244 g/mol. The highest BCUT2D eigenvalue weighted by Crippen LogP contribution is 2.10. The number of carbonyl (C=O) groups is 2. The standard InChI is InChI=1S/C15H18O4/c1-4-14(16)18-6-5-15(17)19-10-13-8-11(2)7-12(3)9-13/h4,7-9H,1,5-6,10H2,2-3H3. The van der Waals surface area contributed by atoms with Crippen molar-refractivity contribution in [3.8, 4) is 0 Å². The molecule has 0 spiro atoms. The van der Waals surface area contributed by atoms with Crippen LogP contribution in [0.4, 0.5) is 0 Å². The number of rotatable bonds is 6. The zero-order chi connectivity index (χ0) is 14.3. The van der Waals surface area contributed by atoms with Gasteiger partial charge in [0.1, 0.15) is 13.2 Å². The van der Waals surface area contributed by atoms with Crippen molar-refractivity contribution in [1.82, 2.24) is 0 Å². The first-order valence-electron chi connectivity index (χ1n) is 6.03.